The fourth-order valence-corrected chi connectivity index (χ4v) is 5.75. The molecule has 3 N–H and O–H groups in total. The van der Waals surface area contributed by atoms with Crippen LogP contribution in [0.1, 0.15) is 56.3 Å². The van der Waals surface area contributed by atoms with E-state index in [2.05, 4.69) is 33.9 Å². The first-order valence-corrected chi connectivity index (χ1v) is 12.4. The maximum atomic E-state index is 13.4. The van der Waals surface area contributed by atoms with Gasteiger partial charge in [0.1, 0.15) is 12.2 Å². The van der Waals surface area contributed by atoms with Gasteiger partial charge < -0.3 is 15.6 Å². The van der Waals surface area contributed by atoms with Crippen molar-refractivity contribution in [3.63, 3.8) is 0 Å². The molecular formula is C24H35ClN6O2. The number of carbonyl (C=O) groups is 2. The highest BCUT2D eigenvalue weighted by molar-refractivity contribution is 6.36. The average molecular weight is 475 g/mol. The molecule has 0 aromatic carbocycles. The van der Waals surface area contributed by atoms with E-state index in [0.29, 0.717) is 34.2 Å². The first kappa shape index (κ1) is 24.0. The summed E-state index contributed by atoms with van der Waals surface area (Å²) >= 11 is 6.43. The Balaban J connectivity index is 1.54. The molecule has 1 saturated carbocycles. The summed E-state index contributed by atoms with van der Waals surface area (Å²) in [5.74, 6) is -0.689. The van der Waals surface area contributed by atoms with E-state index in [1.807, 2.05) is 0 Å². The Morgan fingerprint density at radius 1 is 1.18 bits per heavy atom. The Labute approximate surface area is 200 Å². The summed E-state index contributed by atoms with van der Waals surface area (Å²) in [5.41, 5.74) is 6.30. The first-order chi connectivity index (χ1) is 15.8. The summed E-state index contributed by atoms with van der Waals surface area (Å²) < 4.78 is 1.60. The van der Waals surface area contributed by atoms with E-state index in [1.54, 1.807) is 23.0 Å². The molecule has 3 heterocycles. The lowest BCUT2D eigenvalue weighted by atomic mass is 9.79. The third-order valence-corrected chi connectivity index (χ3v) is 7.67. The molecule has 2 aromatic heterocycles. The highest BCUT2D eigenvalue weighted by atomic mass is 35.5. The standard InChI is InChI=1S/C24H35ClN6O2/c1-17(2)29-10-12-31(13-11-29)24(7-4-3-5-8-24)16-28-23(33)18-14-30(15-20(26)32)22-21(18)19(25)6-9-27-22/h6,9,14,17H,3-5,7-8,10-13,15-16H2,1-2H3,(H2,26,32)(H,28,33). The van der Waals surface area contributed by atoms with Gasteiger partial charge >= 0.3 is 0 Å². The molecule has 1 saturated heterocycles. The Morgan fingerprint density at radius 3 is 2.52 bits per heavy atom. The van der Waals surface area contributed by atoms with Gasteiger partial charge in [-0.05, 0) is 32.8 Å². The minimum Gasteiger partial charge on any atom is -0.368 e. The Bertz CT molecular complexity index is 1010. The highest BCUT2D eigenvalue weighted by Gasteiger charge is 2.40. The van der Waals surface area contributed by atoms with Gasteiger partial charge in [-0.15, -0.1) is 0 Å². The number of hydrogen-bond acceptors (Lipinski definition) is 5. The molecule has 2 aliphatic rings. The van der Waals surface area contributed by atoms with Gasteiger partial charge in [-0.3, -0.25) is 19.4 Å². The van der Waals surface area contributed by atoms with Crippen LogP contribution in [0.15, 0.2) is 18.5 Å². The minimum absolute atomic E-state index is 0.00931. The summed E-state index contributed by atoms with van der Waals surface area (Å²) in [6.07, 6.45) is 9.03. The van der Waals surface area contributed by atoms with E-state index in [9.17, 15) is 9.59 Å². The molecule has 1 aliphatic heterocycles. The topological polar surface area (TPSA) is 96.5 Å². The predicted octanol–water partition coefficient (Wildman–Crippen LogP) is 2.63. The third kappa shape index (κ3) is 5.03. The van der Waals surface area contributed by atoms with Gasteiger partial charge in [0.25, 0.3) is 5.91 Å². The zero-order valence-corrected chi connectivity index (χ0v) is 20.4. The van der Waals surface area contributed by atoms with E-state index < -0.39 is 5.91 Å². The number of fused-ring (bicyclic) bond motifs is 1. The van der Waals surface area contributed by atoms with Crippen molar-refractivity contribution in [2.24, 2.45) is 5.73 Å². The van der Waals surface area contributed by atoms with Gasteiger partial charge in [0.05, 0.1) is 16.0 Å². The van der Waals surface area contributed by atoms with E-state index in [-0.39, 0.29) is 18.0 Å². The van der Waals surface area contributed by atoms with Crippen LogP contribution in [-0.4, -0.2) is 75.5 Å². The molecule has 180 valence electrons. The largest absolute Gasteiger partial charge is 0.368 e. The van der Waals surface area contributed by atoms with E-state index in [0.717, 1.165) is 39.0 Å². The van der Waals surface area contributed by atoms with Crippen molar-refractivity contribution in [3.8, 4) is 0 Å². The van der Waals surface area contributed by atoms with Gasteiger partial charge in [0.2, 0.25) is 5.91 Å². The second kappa shape index (κ2) is 9.99. The zero-order chi connectivity index (χ0) is 23.6. The molecular weight excluding hydrogens is 440 g/mol. The molecule has 2 aromatic rings. The maximum absolute atomic E-state index is 13.4. The van der Waals surface area contributed by atoms with Crippen molar-refractivity contribution < 1.29 is 9.59 Å². The van der Waals surface area contributed by atoms with Crippen LogP contribution in [0.4, 0.5) is 0 Å². The summed E-state index contributed by atoms with van der Waals surface area (Å²) in [6.45, 7) is 9.24. The molecule has 8 nitrogen and oxygen atoms in total. The maximum Gasteiger partial charge on any atom is 0.253 e. The van der Waals surface area contributed by atoms with Gasteiger partial charge in [-0.1, -0.05) is 30.9 Å². The van der Waals surface area contributed by atoms with Crippen LogP contribution in [0.3, 0.4) is 0 Å². The first-order valence-electron chi connectivity index (χ1n) is 12.0. The van der Waals surface area contributed by atoms with E-state index in [1.165, 1.54) is 19.3 Å². The number of carbonyl (C=O) groups excluding carboxylic acids is 2. The summed E-state index contributed by atoms with van der Waals surface area (Å²) in [5, 5.41) is 4.21. The second-order valence-corrected chi connectivity index (χ2v) is 10.1. The lowest BCUT2D eigenvalue weighted by Crippen LogP contribution is -2.62. The number of nitrogens with two attached hydrogens (primary N) is 1. The summed E-state index contributed by atoms with van der Waals surface area (Å²) in [6, 6.07) is 2.22. The third-order valence-electron chi connectivity index (χ3n) is 7.35. The molecule has 1 aliphatic carbocycles. The molecule has 33 heavy (non-hydrogen) atoms. The quantitative estimate of drug-likeness (QED) is 0.643. The van der Waals surface area contributed by atoms with Crippen LogP contribution in [-0.2, 0) is 11.3 Å². The number of primary amides is 1. The number of piperazine rings is 1. The van der Waals surface area contributed by atoms with Crippen LogP contribution in [0.25, 0.3) is 11.0 Å². The number of pyridine rings is 1. The monoisotopic (exact) mass is 474 g/mol. The Morgan fingerprint density at radius 2 is 1.88 bits per heavy atom. The molecule has 9 heteroatoms. The second-order valence-electron chi connectivity index (χ2n) is 9.71. The van der Waals surface area contributed by atoms with Crippen molar-refractivity contribution in [2.75, 3.05) is 32.7 Å². The van der Waals surface area contributed by atoms with Crippen molar-refractivity contribution in [2.45, 2.75) is 64.1 Å². The number of nitrogens with zero attached hydrogens (tertiary/aromatic N) is 4. The number of nitrogens with one attached hydrogen (secondary N) is 1. The normalized spacial score (nSPS) is 19.8. The summed E-state index contributed by atoms with van der Waals surface area (Å²) in [7, 11) is 0. The predicted molar refractivity (Wildman–Crippen MR) is 130 cm³/mol. The van der Waals surface area contributed by atoms with Crippen LogP contribution in [0.2, 0.25) is 5.02 Å². The van der Waals surface area contributed by atoms with Crippen molar-refractivity contribution >= 4 is 34.4 Å². The van der Waals surface area contributed by atoms with Gasteiger partial charge in [-0.25, -0.2) is 4.98 Å². The van der Waals surface area contributed by atoms with Gasteiger partial charge in [0.15, 0.2) is 0 Å². The van der Waals surface area contributed by atoms with Crippen LogP contribution >= 0.6 is 11.6 Å². The van der Waals surface area contributed by atoms with Gasteiger partial charge in [0, 0.05) is 56.7 Å². The average Bonchev–Trinajstić information content (AvgIpc) is 3.17. The zero-order valence-electron chi connectivity index (χ0n) is 19.6. The Kier molecular flexibility index (Phi) is 7.26. The van der Waals surface area contributed by atoms with E-state index in [4.69, 9.17) is 17.3 Å². The van der Waals surface area contributed by atoms with Crippen LogP contribution in [0.5, 0.6) is 0 Å². The molecule has 2 amide bonds. The number of rotatable bonds is 7. The minimum atomic E-state index is -0.498. The molecule has 2 fully saturated rings. The number of aromatic nitrogens is 2. The molecule has 0 unspecified atom stereocenters. The van der Waals surface area contributed by atoms with Crippen molar-refractivity contribution in [3.05, 3.63) is 29.0 Å². The van der Waals surface area contributed by atoms with Crippen LogP contribution < -0.4 is 11.1 Å². The smallest absolute Gasteiger partial charge is 0.253 e. The molecule has 0 radical (unpaired) electrons. The fraction of sp³-hybridized carbons (Fsp3) is 0.625. The van der Waals surface area contributed by atoms with Crippen LogP contribution in [0, 0.1) is 0 Å². The highest BCUT2D eigenvalue weighted by Crippen LogP contribution is 2.35. The molecule has 4 rings (SSSR count). The van der Waals surface area contributed by atoms with E-state index >= 15 is 0 Å². The number of hydrogen-bond donors (Lipinski definition) is 2. The van der Waals surface area contributed by atoms with Gasteiger partial charge in [-0.2, -0.15) is 0 Å². The lowest BCUT2D eigenvalue weighted by molar-refractivity contribution is -0.118. The molecule has 0 bridgehead atoms. The van der Waals surface area contributed by atoms with Crippen molar-refractivity contribution in [1.82, 2.24) is 24.7 Å². The molecule has 0 spiro atoms. The lowest BCUT2D eigenvalue weighted by Gasteiger charge is -2.50. The van der Waals surface area contributed by atoms with Crippen molar-refractivity contribution in [1.29, 1.82) is 0 Å². The Hall–Kier alpha value is -2.16. The fourth-order valence-electron chi connectivity index (χ4n) is 5.50. The molecule has 0 atom stereocenters. The number of amides is 2. The summed E-state index contributed by atoms with van der Waals surface area (Å²) in [4.78, 5) is 34.4. The number of halogens is 1. The SMILES string of the molecule is CC(C)N1CCN(C2(CNC(=O)c3cn(CC(N)=O)c4nccc(Cl)c34)CCCCC2)CC1.